The van der Waals surface area contributed by atoms with Gasteiger partial charge in [0.15, 0.2) is 0 Å². The van der Waals surface area contributed by atoms with Crippen molar-refractivity contribution in [3.63, 3.8) is 0 Å². The van der Waals surface area contributed by atoms with Crippen LogP contribution in [0.5, 0.6) is 0 Å². The second-order valence-corrected chi connectivity index (χ2v) is 7.88. The van der Waals surface area contributed by atoms with E-state index in [-0.39, 0.29) is 6.54 Å². The molecule has 21 heavy (non-hydrogen) atoms. The van der Waals surface area contributed by atoms with Crippen molar-refractivity contribution < 1.29 is 23.1 Å². The number of aliphatic carboxylic acids is 1. The fraction of sp³-hybridized carbons (Fsp3) is 0.923. The molecule has 0 aromatic carbocycles. The molecule has 2 fully saturated rings. The molecule has 0 spiro atoms. The van der Waals surface area contributed by atoms with Crippen LogP contribution in [0.2, 0.25) is 0 Å². The van der Waals surface area contributed by atoms with Gasteiger partial charge in [-0.15, -0.1) is 0 Å². The maximum absolute atomic E-state index is 12.3. The van der Waals surface area contributed by atoms with Crippen LogP contribution in [-0.2, 0) is 19.7 Å². The Bertz CT molecular complexity index is 473. The van der Waals surface area contributed by atoms with Gasteiger partial charge >= 0.3 is 5.97 Å². The van der Waals surface area contributed by atoms with Crippen LogP contribution >= 0.6 is 0 Å². The Labute approximate surface area is 125 Å². The van der Waals surface area contributed by atoms with E-state index in [1.807, 2.05) is 6.92 Å². The van der Waals surface area contributed by atoms with Crippen LogP contribution in [0.15, 0.2) is 0 Å². The molecule has 0 bridgehead atoms. The Morgan fingerprint density at radius 1 is 1.43 bits per heavy atom. The molecule has 2 heterocycles. The van der Waals surface area contributed by atoms with Gasteiger partial charge in [-0.1, -0.05) is 6.92 Å². The molecule has 2 saturated heterocycles. The van der Waals surface area contributed by atoms with Crippen molar-refractivity contribution >= 4 is 16.2 Å². The first-order valence-corrected chi connectivity index (χ1v) is 8.86. The van der Waals surface area contributed by atoms with Crippen molar-refractivity contribution in [1.82, 2.24) is 9.03 Å². The zero-order valence-corrected chi connectivity index (χ0v) is 13.2. The number of ether oxygens (including phenoxy) is 1. The zero-order chi connectivity index (χ0) is 15.5. The average molecular weight is 320 g/mol. The average Bonchev–Trinajstić information content (AvgIpc) is 2.46. The summed E-state index contributed by atoms with van der Waals surface area (Å²) in [7, 11) is -3.61. The monoisotopic (exact) mass is 320 g/mol. The predicted octanol–water partition coefficient (Wildman–Crippen LogP) is 0.434. The summed E-state index contributed by atoms with van der Waals surface area (Å²) in [6.07, 6.45) is 2.55. The first-order valence-electron chi connectivity index (χ1n) is 7.42. The second kappa shape index (κ2) is 6.60. The molecule has 7 nitrogen and oxygen atoms in total. The van der Waals surface area contributed by atoms with Crippen molar-refractivity contribution in [2.45, 2.75) is 32.6 Å². The van der Waals surface area contributed by atoms with Crippen LogP contribution < -0.4 is 4.72 Å². The molecular formula is C13H24N2O5S. The van der Waals surface area contributed by atoms with Gasteiger partial charge in [0.2, 0.25) is 0 Å². The first kappa shape index (κ1) is 16.7. The molecule has 122 valence electrons. The van der Waals surface area contributed by atoms with Crippen molar-refractivity contribution in [3.8, 4) is 0 Å². The third kappa shape index (κ3) is 3.94. The van der Waals surface area contributed by atoms with Gasteiger partial charge in [0.25, 0.3) is 10.2 Å². The maximum atomic E-state index is 12.3. The summed E-state index contributed by atoms with van der Waals surface area (Å²) in [5.74, 6) is -0.618. The highest BCUT2D eigenvalue weighted by molar-refractivity contribution is 7.87. The quantitative estimate of drug-likeness (QED) is 0.766. The molecular weight excluding hydrogens is 296 g/mol. The number of nitrogens with zero attached hydrogens (tertiary/aromatic N) is 1. The molecule has 2 aliphatic rings. The summed E-state index contributed by atoms with van der Waals surface area (Å²) in [6, 6.07) is 0. The lowest BCUT2D eigenvalue weighted by Crippen LogP contribution is -2.51. The third-order valence-electron chi connectivity index (χ3n) is 4.46. The maximum Gasteiger partial charge on any atom is 0.311 e. The van der Waals surface area contributed by atoms with E-state index in [0.717, 1.165) is 12.8 Å². The fourth-order valence-electron chi connectivity index (χ4n) is 2.91. The molecule has 2 N–H and O–H groups in total. The first-order chi connectivity index (χ1) is 9.86. The Morgan fingerprint density at radius 2 is 2.10 bits per heavy atom. The van der Waals surface area contributed by atoms with Gasteiger partial charge in [-0.2, -0.15) is 12.7 Å². The SMILES string of the molecule is CC1CCCN(S(=O)(=O)NCC2(C(=O)O)CCOCC2)C1. The minimum absolute atomic E-state index is 0.0705. The molecule has 2 aliphatic heterocycles. The number of carboxylic acid groups (broad SMARTS) is 1. The number of carboxylic acids is 1. The summed E-state index contributed by atoms with van der Waals surface area (Å²) >= 11 is 0. The lowest BCUT2D eigenvalue weighted by atomic mass is 9.80. The smallest absolute Gasteiger partial charge is 0.311 e. The number of hydrogen-bond acceptors (Lipinski definition) is 4. The lowest BCUT2D eigenvalue weighted by Gasteiger charge is -2.35. The molecule has 0 aromatic rings. The molecule has 0 saturated carbocycles. The normalized spacial score (nSPS) is 27.4. The molecule has 0 amide bonds. The van der Waals surface area contributed by atoms with Gasteiger partial charge in [0.1, 0.15) is 0 Å². The van der Waals surface area contributed by atoms with Gasteiger partial charge in [-0.25, -0.2) is 4.72 Å². The third-order valence-corrected chi connectivity index (χ3v) is 5.98. The van der Waals surface area contributed by atoms with E-state index in [4.69, 9.17) is 4.74 Å². The topological polar surface area (TPSA) is 95.9 Å². The Kier molecular flexibility index (Phi) is 5.24. The highest BCUT2D eigenvalue weighted by Gasteiger charge is 2.41. The summed E-state index contributed by atoms with van der Waals surface area (Å²) in [5, 5.41) is 9.43. The van der Waals surface area contributed by atoms with Crippen LogP contribution in [0.4, 0.5) is 0 Å². The fourth-order valence-corrected chi connectivity index (χ4v) is 4.38. The van der Waals surface area contributed by atoms with E-state index in [9.17, 15) is 18.3 Å². The Hall–Kier alpha value is -0.700. The standard InChI is InChI=1S/C13H24N2O5S/c1-11-3-2-6-15(9-11)21(18,19)14-10-13(12(16)17)4-7-20-8-5-13/h11,14H,2-10H2,1H3,(H,16,17). The van der Waals surface area contributed by atoms with Crippen molar-refractivity contribution in [2.24, 2.45) is 11.3 Å². The van der Waals surface area contributed by atoms with Crippen LogP contribution in [0, 0.1) is 11.3 Å². The van der Waals surface area contributed by atoms with Crippen molar-refractivity contribution in [2.75, 3.05) is 32.8 Å². The summed E-state index contributed by atoms with van der Waals surface area (Å²) in [5.41, 5.74) is -1.05. The summed E-state index contributed by atoms with van der Waals surface area (Å²) in [4.78, 5) is 11.5. The van der Waals surface area contributed by atoms with Gasteiger partial charge < -0.3 is 9.84 Å². The molecule has 0 radical (unpaired) electrons. The lowest BCUT2D eigenvalue weighted by molar-refractivity contribution is -0.154. The van der Waals surface area contributed by atoms with E-state index >= 15 is 0 Å². The minimum Gasteiger partial charge on any atom is -0.481 e. The molecule has 8 heteroatoms. The zero-order valence-electron chi connectivity index (χ0n) is 12.4. The molecule has 1 unspecified atom stereocenters. The molecule has 0 aromatic heterocycles. The van der Waals surface area contributed by atoms with Gasteiger partial charge in [-0.3, -0.25) is 4.79 Å². The number of piperidine rings is 1. The summed E-state index contributed by atoms with van der Waals surface area (Å²) in [6.45, 7) is 3.67. The Morgan fingerprint density at radius 3 is 2.67 bits per heavy atom. The van der Waals surface area contributed by atoms with Crippen LogP contribution in [0.3, 0.4) is 0 Å². The van der Waals surface area contributed by atoms with E-state index in [0.29, 0.717) is 45.1 Å². The van der Waals surface area contributed by atoms with Crippen molar-refractivity contribution in [3.05, 3.63) is 0 Å². The van der Waals surface area contributed by atoms with E-state index in [1.165, 1.54) is 4.31 Å². The van der Waals surface area contributed by atoms with Gasteiger partial charge in [-0.05, 0) is 31.6 Å². The van der Waals surface area contributed by atoms with Gasteiger partial charge in [0, 0.05) is 32.8 Å². The summed E-state index contributed by atoms with van der Waals surface area (Å²) < 4.78 is 33.8. The number of nitrogens with one attached hydrogen (secondary N) is 1. The van der Waals surface area contributed by atoms with Crippen molar-refractivity contribution in [1.29, 1.82) is 0 Å². The molecule has 2 rings (SSSR count). The van der Waals surface area contributed by atoms with E-state index in [1.54, 1.807) is 0 Å². The number of rotatable bonds is 5. The van der Waals surface area contributed by atoms with E-state index < -0.39 is 21.6 Å². The van der Waals surface area contributed by atoms with Crippen LogP contribution in [0.25, 0.3) is 0 Å². The largest absolute Gasteiger partial charge is 0.481 e. The number of hydrogen-bond donors (Lipinski definition) is 2. The van der Waals surface area contributed by atoms with E-state index in [2.05, 4.69) is 4.72 Å². The molecule has 1 atom stereocenters. The van der Waals surface area contributed by atoms with Gasteiger partial charge in [0.05, 0.1) is 5.41 Å². The predicted molar refractivity (Wildman–Crippen MR) is 77.0 cm³/mol. The highest BCUT2D eigenvalue weighted by atomic mass is 32.2. The second-order valence-electron chi connectivity index (χ2n) is 6.13. The minimum atomic E-state index is -3.61. The number of carbonyl (C=O) groups is 1. The van der Waals surface area contributed by atoms with Crippen LogP contribution in [0.1, 0.15) is 32.6 Å². The Balaban J connectivity index is 2.00. The molecule has 0 aliphatic carbocycles. The highest BCUT2D eigenvalue weighted by Crippen LogP contribution is 2.30. The van der Waals surface area contributed by atoms with Crippen LogP contribution in [-0.4, -0.2) is 56.6 Å².